The number of carbonyl (C=O) groups excluding carboxylic acids is 1. The maximum absolute atomic E-state index is 12.0. The summed E-state index contributed by atoms with van der Waals surface area (Å²) in [5.41, 5.74) is 3.04. The second kappa shape index (κ2) is 9.34. The van der Waals surface area contributed by atoms with Gasteiger partial charge in [0.2, 0.25) is 17.8 Å². The lowest BCUT2D eigenvalue weighted by molar-refractivity contribution is -0.115. The van der Waals surface area contributed by atoms with Gasteiger partial charge >= 0.3 is 0 Å². The monoisotopic (exact) mass is 493 g/mol. The van der Waals surface area contributed by atoms with E-state index in [1.807, 2.05) is 41.8 Å². The summed E-state index contributed by atoms with van der Waals surface area (Å²) in [6.07, 6.45) is 3.19. The number of hydrogen-bond acceptors (Lipinski definition) is 8. The Morgan fingerprint density at radius 3 is 2.51 bits per heavy atom. The number of rotatable bonds is 7. The molecule has 1 amide bonds. The third kappa shape index (κ3) is 4.80. The zero-order chi connectivity index (χ0) is 25.3. The first-order valence-electron chi connectivity index (χ1n) is 11.0. The maximum atomic E-state index is 12.0. The Hall–Kier alpha value is -3.99. The van der Waals surface area contributed by atoms with E-state index >= 15 is 0 Å². The van der Waals surface area contributed by atoms with Crippen LogP contribution in [-0.2, 0) is 21.7 Å². The fourth-order valence-electron chi connectivity index (χ4n) is 3.64. The number of carbonyl (C=O) groups is 1. The van der Waals surface area contributed by atoms with E-state index in [2.05, 4.69) is 15.3 Å². The van der Waals surface area contributed by atoms with E-state index in [1.165, 1.54) is 6.26 Å². The van der Waals surface area contributed by atoms with Crippen LogP contribution in [0, 0.1) is 0 Å². The molecule has 10 nitrogen and oxygen atoms in total. The number of nitrogens with zero attached hydrogens (tertiary/aromatic N) is 6. The molecule has 2 heterocycles. The minimum atomic E-state index is -3.34. The molecule has 0 saturated heterocycles. The van der Waals surface area contributed by atoms with Gasteiger partial charge in [-0.15, -0.1) is 0 Å². The number of para-hydroxylation sites is 1. The highest BCUT2D eigenvalue weighted by molar-refractivity contribution is 7.90. The van der Waals surface area contributed by atoms with Gasteiger partial charge in [0, 0.05) is 45.7 Å². The minimum absolute atomic E-state index is 0.110. The number of aromatic nitrogens is 4. The van der Waals surface area contributed by atoms with Crippen LogP contribution in [0.4, 0.5) is 29.1 Å². The Morgan fingerprint density at radius 1 is 1.06 bits per heavy atom. The van der Waals surface area contributed by atoms with Crippen LogP contribution in [0.2, 0.25) is 0 Å². The van der Waals surface area contributed by atoms with E-state index in [0.29, 0.717) is 29.8 Å². The fourth-order valence-corrected chi connectivity index (χ4v) is 4.31. The summed E-state index contributed by atoms with van der Waals surface area (Å²) >= 11 is 0. The van der Waals surface area contributed by atoms with E-state index in [0.717, 1.165) is 16.7 Å². The van der Waals surface area contributed by atoms with E-state index in [-0.39, 0.29) is 10.8 Å². The normalized spacial score (nSPS) is 11.5. The Balaban J connectivity index is 1.70. The third-order valence-corrected chi connectivity index (χ3v) is 6.84. The van der Waals surface area contributed by atoms with Crippen molar-refractivity contribution in [1.29, 1.82) is 0 Å². The van der Waals surface area contributed by atoms with Crippen LogP contribution in [-0.4, -0.2) is 54.2 Å². The molecule has 4 aromatic rings. The number of imidazole rings is 1. The molecule has 4 rings (SSSR count). The molecule has 0 bridgehead atoms. The van der Waals surface area contributed by atoms with Crippen molar-refractivity contribution in [2.45, 2.75) is 18.2 Å². The summed E-state index contributed by atoms with van der Waals surface area (Å²) in [4.78, 5) is 29.5. The molecule has 0 unspecified atom stereocenters. The minimum Gasteiger partial charge on any atom is -0.327 e. The fraction of sp³-hybridized carbons (Fsp3) is 0.250. The highest BCUT2D eigenvalue weighted by Gasteiger charge is 2.18. The molecule has 35 heavy (non-hydrogen) atoms. The molecule has 0 saturated carbocycles. The Kier molecular flexibility index (Phi) is 6.44. The van der Waals surface area contributed by atoms with Crippen molar-refractivity contribution in [3.8, 4) is 0 Å². The second-order valence-corrected chi connectivity index (χ2v) is 10.2. The van der Waals surface area contributed by atoms with Gasteiger partial charge in [-0.2, -0.15) is 4.98 Å². The van der Waals surface area contributed by atoms with E-state index in [1.54, 1.807) is 55.4 Å². The van der Waals surface area contributed by atoms with Crippen molar-refractivity contribution < 1.29 is 13.2 Å². The number of fused-ring (bicyclic) bond motifs is 1. The van der Waals surface area contributed by atoms with Crippen LogP contribution in [0.5, 0.6) is 0 Å². The molecule has 2 aromatic heterocycles. The summed E-state index contributed by atoms with van der Waals surface area (Å²) < 4.78 is 25.8. The molecule has 182 valence electrons. The summed E-state index contributed by atoms with van der Waals surface area (Å²) in [5, 5.41) is 2.83. The molecule has 0 spiro atoms. The average molecular weight is 494 g/mol. The number of anilines is 5. The molecule has 0 aliphatic rings. The lowest BCUT2D eigenvalue weighted by Gasteiger charge is -2.22. The Morgan fingerprint density at radius 2 is 1.80 bits per heavy atom. The van der Waals surface area contributed by atoms with E-state index < -0.39 is 9.84 Å². The SMILES string of the molecule is CCC(=O)Nc1nc2c(N(C)c3ccnc(N(C)c4cccc(S(C)(=O)=O)c4)n3)cccc2n1C. The lowest BCUT2D eigenvalue weighted by Crippen LogP contribution is -2.17. The predicted molar refractivity (Wildman–Crippen MR) is 137 cm³/mol. The third-order valence-electron chi connectivity index (χ3n) is 5.73. The van der Waals surface area contributed by atoms with Gasteiger partial charge in [-0.05, 0) is 36.4 Å². The highest BCUT2D eigenvalue weighted by Crippen LogP contribution is 2.32. The van der Waals surface area contributed by atoms with Gasteiger partial charge in [0.15, 0.2) is 9.84 Å². The van der Waals surface area contributed by atoms with Crippen molar-refractivity contribution in [3.63, 3.8) is 0 Å². The number of sulfone groups is 1. The first-order valence-corrected chi connectivity index (χ1v) is 12.8. The van der Waals surface area contributed by atoms with Crippen molar-refractivity contribution in [1.82, 2.24) is 19.5 Å². The van der Waals surface area contributed by atoms with Gasteiger partial charge in [-0.25, -0.2) is 18.4 Å². The molecule has 1 N–H and O–H groups in total. The number of hydrogen-bond donors (Lipinski definition) is 1. The van der Waals surface area contributed by atoms with Crippen LogP contribution in [0.25, 0.3) is 11.0 Å². The van der Waals surface area contributed by atoms with Gasteiger partial charge in [-0.3, -0.25) is 10.1 Å². The topological polar surface area (TPSA) is 113 Å². The maximum Gasteiger partial charge on any atom is 0.231 e. The van der Waals surface area contributed by atoms with Crippen molar-refractivity contribution in [2.24, 2.45) is 7.05 Å². The smallest absolute Gasteiger partial charge is 0.231 e. The van der Waals surface area contributed by atoms with Crippen molar-refractivity contribution >= 4 is 55.9 Å². The lowest BCUT2D eigenvalue weighted by atomic mass is 10.2. The Bertz CT molecular complexity index is 1510. The van der Waals surface area contributed by atoms with Gasteiger partial charge in [0.1, 0.15) is 11.3 Å². The molecular formula is C24H27N7O3S. The van der Waals surface area contributed by atoms with Crippen LogP contribution >= 0.6 is 0 Å². The van der Waals surface area contributed by atoms with Crippen LogP contribution in [0.3, 0.4) is 0 Å². The molecular weight excluding hydrogens is 466 g/mol. The standard InChI is InChI=1S/C24H27N7O3S/c1-6-21(32)27-24-28-22-18(11-8-12-19(22)31(24)4)30(3)20-13-14-25-23(26-20)29(2)16-9-7-10-17(15-16)35(5,33)34/h7-15H,6H2,1-5H3,(H,27,28,32). The molecule has 2 aromatic carbocycles. The molecule has 0 fully saturated rings. The first kappa shape index (κ1) is 24.1. The predicted octanol–water partition coefficient (Wildman–Crippen LogP) is 3.65. The highest BCUT2D eigenvalue weighted by atomic mass is 32.2. The van der Waals surface area contributed by atoms with Gasteiger partial charge in [0.05, 0.1) is 16.1 Å². The molecule has 0 atom stereocenters. The Labute approximate surface area is 204 Å². The molecule has 0 aliphatic heterocycles. The number of benzene rings is 2. The van der Waals surface area contributed by atoms with Crippen molar-refractivity contribution in [2.75, 3.05) is 35.5 Å². The zero-order valence-electron chi connectivity index (χ0n) is 20.2. The second-order valence-electron chi connectivity index (χ2n) is 8.14. The zero-order valence-corrected chi connectivity index (χ0v) is 21.0. The van der Waals surface area contributed by atoms with Crippen LogP contribution in [0.1, 0.15) is 13.3 Å². The summed E-state index contributed by atoms with van der Waals surface area (Å²) in [7, 11) is 2.17. The van der Waals surface area contributed by atoms with Gasteiger partial charge in [-0.1, -0.05) is 19.1 Å². The number of nitrogens with one attached hydrogen (secondary N) is 1. The van der Waals surface area contributed by atoms with Crippen LogP contribution in [0.15, 0.2) is 59.6 Å². The van der Waals surface area contributed by atoms with Crippen molar-refractivity contribution in [3.05, 3.63) is 54.7 Å². The molecule has 11 heteroatoms. The van der Waals surface area contributed by atoms with Gasteiger partial charge in [0.25, 0.3) is 0 Å². The van der Waals surface area contributed by atoms with E-state index in [4.69, 9.17) is 4.98 Å². The summed E-state index contributed by atoms with van der Waals surface area (Å²) in [5.74, 6) is 1.39. The average Bonchev–Trinajstić information content (AvgIpc) is 3.17. The van der Waals surface area contributed by atoms with E-state index in [9.17, 15) is 13.2 Å². The summed E-state index contributed by atoms with van der Waals surface area (Å²) in [6, 6.07) is 14.2. The molecule has 0 radical (unpaired) electrons. The first-order chi connectivity index (χ1) is 16.6. The number of aryl methyl sites for hydroxylation is 1. The molecule has 0 aliphatic carbocycles. The van der Waals surface area contributed by atoms with Crippen LogP contribution < -0.4 is 15.1 Å². The quantitative estimate of drug-likeness (QED) is 0.415. The number of amides is 1. The largest absolute Gasteiger partial charge is 0.327 e. The summed E-state index contributed by atoms with van der Waals surface area (Å²) in [6.45, 7) is 1.79. The van der Waals surface area contributed by atoms with Gasteiger partial charge < -0.3 is 14.4 Å².